The van der Waals surface area contributed by atoms with E-state index in [0.29, 0.717) is 0 Å². The second-order valence-corrected chi connectivity index (χ2v) is 3.02. The molecule has 0 heterocycles. The third kappa shape index (κ3) is 11.0. The molecule has 0 rings (SSSR count). The first-order valence-electron chi connectivity index (χ1n) is 4.97. The van der Waals surface area contributed by atoms with Crippen LogP contribution in [-0.4, -0.2) is 59.1 Å². The molecule has 0 saturated heterocycles. The first kappa shape index (κ1) is 15.7. The molecule has 7 nitrogen and oxygen atoms in total. The van der Waals surface area contributed by atoms with Crippen molar-refractivity contribution in [2.45, 2.75) is 12.2 Å². The van der Waals surface area contributed by atoms with E-state index in [4.69, 9.17) is 34.6 Å². The fourth-order valence-electron chi connectivity index (χ4n) is 0.627. The Morgan fingerprint density at radius 3 is 1.53 bits per heavy atom. The van der Waals surface area contributed by atoms with Gasteiger partial charge < -0.3 is 34.6 Å². The van der Waals surface area contributed by atoms with Gasteiger partial charge in [-0.3, -0.25) is 0 Å². The Balaban J connectivity index is 3.37. The van der Waals surface area contributed by atoms with E-state index in [1.54, 1.807) is 0 Å². The summed E-state index contributed by atoms with van der Waals surface area (Å²) in [5, 5.41) is 34.7. The molecule has 0 amide bonds. The van der Waals surface area contributed by atoms with Gasteiger partial charge in [0.2, 0.25) is 0 Å². The third-order valence-electron chi connectivity index (χ3n) is 1.46. The molecule has 0 bridgehead atoms. The first-order valence-corrected chi connectivity index (χ1v) is 4.97. The maximum atomic E-state index is 8.88. The van der Waals surface area contributed by atoms with Crippen LogP contribution in [0, 0.1) is 0 Å². The van der Waals surface area contributed by atoms with E-state index in [1.807, 2.05) is 0 Å². The van der Waals surface area contributed by atoms with E-state index >= 15 is 0 Å². The van der Waals surface area contributed by atoms with Crippen LogP contribution in [-0.2, 0) is 14.2 Å². The predicted octanol–water partition coefficient (Wildman–Crippen LogP) is -1.31. The van der Waals surface area contributed by atoms with E-state index in [0.717, 1.165) is 0 Å². The van der Waals surface area contributed by atoms with Crippen LogP contribution < -0.4 is 0 Å². The monoisotopic (exact) mass is 250 g/mol. The number of hydrogen-bond acceptors (Lipinski definition) is 7. The van der Waals surface area contributed by atoms with Crippen molar-refractivity contribution in [1.82, 2.24) is 0 Å². The minimum Gasteiger partial charge on any atom is -0.495 e. The minimum atomic E-state index is -0.918. The van der Waals surface area contributed by atoms with Gasteiger partial charge in [-0.15, -0.1) is 0 Å². The summed E-state index contributed by atoms with van der Waals surface area (Å²) in [5.41, 5.74) is 0. The molecule has 2 unspecified atom stereocenters. The van der Waals surface area contributed by atoms with Crippen LogP contribution in [0.1, 0.15) is 0 Å². The summed E-state index contributed by atoms with van der Waals surface area (Å²) < 4.78 is 14.3. The Morgan fingerprint density at radius 1 is 0.765 bits per heavy atom. The van der Waals surface area contributed by atoms with Gasteiger partial charge in [-0.25, -0.2) is 0 Å². The van der Waals surface area contributed by atoms with Crippen molar-refractivity contribution >= 4 is 0 Å². The number of aliphatic hydroxyl groups excluding tert-OH is 4. The zero-order chi connectivity index (χ0) is 12.9. The molecule has 0 aromatic heterocycles. The molecular formula is C10H18O7. The van der Waals surface area contributed by atoms with Gasteiger partial charge >= 0.3 is 0 Å². The van der Waals surface area contributed by atoms with E-state index in [2.05, 4.69) is 0 Å². The summed E-state index contributed by atoms with van der Waals surface area (Å²) in [6, 6.07) is 0. The van der Waals surface area contributed by atoms with Crippen molar-refractivity contribution in [1.29, 1.82) is 0 Å². The fourth-order valence-corrected chi connectivity index (χ4v) is 0.627. The van der Waals surface area contributed by atoms with Crippen molar-refractivity contribution in [2.24, 2.45) is 0 Å². The molecule has 100 valence electrons. The molecular weight excluding hydrogens is 232 g/mol. The SMILES string of the molecule is OCC(O)COC=COC=COCC(O)CO. The highest BCUT2D eigenvalue weighted by atomic mass is 16.5. The van der Waals surface area contributed by atoms with E-state index in [-0.39, 0.29) is 26.4 Å². The molecule has 0 spiro atoms. The lowest BCUT2D eigenvalue weighted by Gasteiger charge is -2.05. The Kier molecular flexibility index (Phi) is 10.4. The van der Waals surface area contributed by atoms with E-state index < -0.39 is 12.2 Å². The fraction of sp³-hybridized carbons (Fsp3) is 0.600. The van der Waals surface area contributed by atoms with Crippen LogP contribution in [0.2, 0.25) is 0 Å². The predicted molar refractivity (Wildman–Crippen MR) is 57.5 cm³/mol. The smallest absolute Gasteiger partial charge is 0.125 e. The zero-order valence-corrected chi connectivity index (χ0v) is 9.31. The van der Waals surface area contributed by atoms with Crippen LogP contribution in [0.4, 0.5) is 0 Å². The van der Waals surface area contributed by atoms with Crippen LogP contribution in [0.3, 0.4) is 0 Å². The Bertz CT molecular complexity index is 195. The zero-order valence-electron chi connectivity index (χ0n) is 9.31. The van der Waals surface area contributed by atoms with Gasteiger partial charge in [0.1, 0.15) is 50.5 Å². The second-order valence-electron chi connectivity index (χ2n) is 3.02. The Morgan fingerprint density at radius 2 is 1.18 bits per heavy atom. The normalized spacial score (nSPS) is 15.1. The number of ether oxygens (including phenoxy) is 3. The summed E-state index contributed by atoms with van der Waals surface area (Å²) in [6.07, 6.45) is 2.97. The maximum absolute atomic E-state index is 8.88. The van der Waals surface area contributed by atoms with Crippen LogP contribution in [0.5, 0.6) is 0 Å². The molecule has 7 heteroatoms. The molecule has 0 aromatic rings. The number of aliphatic hydroxyl groups is 4. The lowest BCUT2D eigenvalue weighted by molar-refractivity contribution is 0.0357. The van der Waals surface area contributed by atoms with Gasteiger partial charge in [0.15, 0.2) is 0 Å². The van der Waals surface area contributed by atoms with Crippen LogP contribution in [0.15, 0.2) is 25.0 Å². The van der Waals surface area contributed by atoms with Crippen LogP contribution >= 0.6 is 0 Å². The van der Waals surface area contributed by atoms with Gasteiger partial charge in [0.25, 0.3) is 0 Å². The quantitative estimate of drug-likeness (QED) is 0.356. The highest BCUT2D eigenvalue weighted by Crippen LogP contribution is 1.89. The summed E-state index contributed by atoms with van der Waals surface area (Å²) >= 11 is 0. The highest BCUT2D eigenvalue weighted by molar-refractivity contribution is 4.70. The molecule has 17 heavy (non-hydrogen) atoms. The van der Waals surface area contributed by atoms with Crippen molar-refractivity contribution in [3.05, 3.63) is 25.0 Å². The molecule has 0 aliphatic heterocycles. The molecule has 0 fully saturated rings. The largest absolute Gasteiger partial charge is 0.495 e. The number of hydrogen-bond donors (Lipinski definition) is 4. The van der Waals surface area contributed by atoms with Gasteiger partial charge in [-0.05, 0) is 0 Å². The van der Waals surface area contributed by atoms with Crippen LogP contribution in [0.25, 0.3) is 0 Å². The Labute approximate surface area is 99.2 Å². The summed E-state index contributed by atoms with van der Waals surface area (Å²) in [4.78, 5) is 0. The lowest BCUT2D eigenvalue weighted by atomic mass is 10.4. The highest BCUT2D eigenvalue weighted by Gasteiger charge is 1.99. The molecule has 0 saturated carbocycles. The van der Waals surface area contributed by atoms with Crippen molar-refractivity contribution in [3.63, 3.8) is 0 Å². The molecule has 4 N–H and O–H groups in total. The summed E-state index contributed by atoms with van der Waals surface area (Å²) in [7, 11) is 0. The summed E-state index contributed by atoms with van der Waals surface area (Å²) in [6.45, 7) is -0.788. The molecule has 2 atom stereocenters. The maximum Gasteiger partial charge on any atom is 0.125 e. The Hall–Kier alpha value is -1.28. The second kappa shape index (κ2) is 11.2. The summed E-state index contributed by atoms with van der Waals surface area (Å²) in [5.74, 6) is 0. The molecule has 0 aliphatic rings. The average molecular weight is 250 g/mol. The minimum absolute atomic E-state index is 0.0285. The van der Waals surface area contributed by atoms with Crippen molar-refractivity contribution in [3.8, 4) is 0 Å². The molecule has 0 aliphatic carbocycles. The molecule has 0 radical (unpaired) electrons. The van der Waals surface area contributed by atoms with Crippen molar-refractivity contribution in [2.75, 3.05) is 26.4 Å². The number of rotatable bonds is 10. The van der Waals surface area contributed by atoms with Gasteiger partial charge in [0.05, 0.1) is 13.2 Å². The van der Waals surface area contributed by atoms with Gasteiger partial charge in [-0.2, -0.15) is 0 Å². The van der Waals surface area contributed by atoms with Gasteiger partial charge in [0, 0.05) is 0 Å². The van der Waals surface area contributed by atoms with Gasteiger partial charge in [-0.1, -0.05) is 0 Å². The van der Waals surface area contributed by atoms with Crippen molar-refractivity contribution < 1.29 is 34.6 Å². The van der Waals surface area contributed by atoms with E-state index in [9.17, 15) is 0 Å². The average Bonchev–Trinajstić information content (AvgIpc) is 2.35. The third-order valence-corrected chi connectivity index (χ3v) is 1.46. The lowest BCUT2D eigenvalue weighted by Crippen LogP contribution is -2.17. The standard InChI is InChI=1S/C10H18O7/c11-5-9(13)7-16-3-1-15-2-4-17-8-10(14)6-12/h1-4,9-14H,5-8H2. The topological polar surface area (TPSA) is 109 Å². The van der Waals surface area contributed by atoms with E-state index in [1.165, 1.54) is 25.0 Å². The first-order chi connectivity index (χ1) is 8.20. The molecule has 0 aromatic carbocycles.